The first-order valence-electron chi connectivity index (χ1n) is 8.18. The zero-order valence-corrected chi connectivity index (χ0v) is 13.8. The van der Waals surface area contributed by atoms with E-state index in [1.807, 2.05) is 31.2 Å². The Hall–Kier alpha value is -1.88. The lowest BCUT2D eigenvalue weighted by Gasteiger charge is -2.22. The van der Waals surface area contributed by atoms with Gasteiger partial charge in [-0.15, -0.1) is 0 Å². The molecule has 3 rings (SSSR count). The molecule has 2 unspecified atom stereocenters. The molecule has 2 atom stereocenters. The van der Waals surface area contributed by atoms with Gasteiger partial charge in [-0.2, -0.15) is 0 Å². The number of rotatable bonds is 3. The molecule has 0 spiro atoms. The molecule has 2 amide bonds. The maximum absolute atomic E-state index is 12.6. The van der Waals surface area contributed by atoms with E-state index in [0.717, 1.165) is 5.56 Å². The second-order valence-electron chi connectivity index (χ2n) is 7.17. The van der Waals surface area contributed by atoms with Gasteiger partial charge >= 0.3 is 0 Å². The van der Waals surface area contributed by atoms with Gasteiger partial charge in [0.15, 0.2) is 0 Å². The molecule has 1 aromatic carbocycles. The van der Waals surface area contributed by atoms with Crippen LogP contribution in [0.25, 0.3) is 0 Å². The van der Waals surface area contributed by atoms with Crippen molar-refractivity contribution in [1.29, 1.82) is 0 Å². The maximum Gasteiger partial charge on any atom is 0.228 e. The Kier molecular flexibility index (Phi) is 4.15. The Balaban J connectivity index is 1.61. The van der Waals surface area contributed by atoms with Crippen LogP contribution in [0.3, 0.4) is 0 Å². The number of likely N-dealkylation sites (tertiary alicyclic amines) is 2. The fraction of sp³-hybridized carbons (Fsp3) is 0.556. The van der Waals surface area contributed by atoms with Crippen LogP contribution >= 0.6 is 0 Å². The van der Waals surface area contributed by atoms with E-state index in [-0.39, 0.29) is 24.2 Å². The van der Waals surface area contributed by atoms with E-state index in [9.17, 15) is 14.7 Å². The zero-order chi connectivity index (χ0) is 16.6. The summed E-state index contributed by atoms with van der Waals surface area (Å²) in [5, 5.41) is 10.0. The summed E-state index contributed by atoms with van der Waals surface area (Å²) in [6, 6.07) is 8.11. The molecular weight excluding hydrogens is 292 g/mol. The van der Waals surface area contributed by atoms with Crippen LogP contribution in [0.4, 0.5) is 0 Å². The van der Waals surface area contributed by atoms with E-state index < -0.39 is 5.60 Å². The fourth-order valence-corrected chi connectivity index (χ4v) is 3.40. The molecule has 2 fully saturated rings. The Morgan fingerprint density at radius 2 is 2.04 bits per heavy atom. The van der Waals surface area contributed by atoms with Crippen LogP contribution in [-0.4, -0.2) is 52.0 Å². The lowest BCUT2D eigenvalue weighted by Crippen LogP contribution is -2.38. The van der Waals surface area contributed by atoms with Gasteiger partial charge in [0.2, 0.25) is 11.8 Å². The first kappa shape index (κ1) is 16.0. The molecule has 0 saturated carbocycles. The molecule has 2 aliphatic rings. The highest BCUT2D eigenvalue weighted by atomic mass is 16.3. The van der Waals surface area contributed by atoms with E-state index in [1.54, 1.807) is 16.7 Å². The van der Waals surface area contributed by atoms with Gasteiger partial charge in [0.25, 0.3) is 0 Å². The molecule has 0 radical (unpaired) electrons. The molecule has 124 valence electrons. The van der Waals surface area contributed by atoms with E-state index in [1.165, 1.54) is 5.56 Å². The fourth-order valence-electron chi connectivity index (χ4n) is 3.40. The molecule has 2 saturated heterocycles. The van der Waals surface area contributed by atoms with Crippen LogP contribution in [0.15, 0.2) is 24.3 Å². The highest BCUT2D eigenvalue weighted by Crippen LogP contribution is 2.26. The zero-order valence-electron chi connectivity index (χ0n) is 13.8. The quantitative estimate of drug-likeness (QED) is 0.915. The number of nitrogens with zero attached hydrogens (tertiary/aromatic N) is 2. The highest BCUT2D eigenvalue weighted by molar-refractivity contribution is 5.89. The van der Waals surface area contributed by atoms with Crippen molar-refractivity contribution >= 4 is 11.8 Å². The normalized spacial score (nSPS) is 27.8. The van der Waals surface area contributed by atoms with Crippen LogP contribution in [0.5, 0.6) is 0 Å². The van der Waals surface area contributed by atoms with Crippen LogP contribution in [-0.2, 0) is 16.1 Å². The molecule has 0 aromatic heterocycles. The monoisotopic (exact) mass is 316 g/mol. The molecule has 1 aromatic rings. The van der Waals surface area contributed by atoms with Crippen molar-refractivity contribution in [2.45, 2.75) is 38.8 Å². The SMILES string of the molecule is Cc1ccc(CN2CC(C(=O)N3CCC(C)(O)C3)CC2=O)cc1. The molecule has 23 heavy (non-hydrogen) atoms. The van der Waals surface area contributed by atoms with Gasteiger partial charge in [-0.25, -0.2) is 0 Å². The van der Waals surface area contributed by atoms with Gasteiger partial charge in [0.1, 0.15) is 0 Å². The highest BCUT2D eigenvalue weighted by Gasteiger charge is 2.40. The second-order valence-corrected chi connectivity index (χ2v) is 7.17. The number of β-amino-alcohol motifs (C(OH)–C–C–N with tert-alkyl or cyclic N) is 1. The Bertz CT molecular complexity index is 609. The third-order valence-electron chi connectivity index (χ3n) is 4.82. The second kappa shape index (κ2) is 5.96. The van der Waals surface area contributed by atoms with E-state index in [2.05, 4.69) is 0 Å². The van der Waals surface area contributed by atoms with Crippen LogP contribution < -0.4 is 0 Å². The average Bonchev–Trinajstić information content (AvgIpc) is 3.04. The third-order valence-corrected chi connectivity index (χ3v) is 4.82. The number of amides is 2. The lowest BCUT2D eigenvalue weighted by molar-refractivity contribution is -0.135. The Morgan fingerprint density at radius 1 is 1.35 bits per heavy atom. The van der Waals surface area contributed by atoms with Crippen LogP contribution in [0.2, 0.25) is 0 Å². The van der Waals surface area contributed by atoms with Gasteiger partial charge in [-0.05, 0) is 25.8 Å². The van der Waals surface area contributed by atoms with E-state index >= 15 is 0 Å². The summed E-state index contributed by atoms with van der Waals surface area (Å²) in [5.74, 6) is -0.237. The number of aryl methyl sites for hydroxylation is 1. The first-order valence-corrected chi connectivity index (χ1v) is 8.18. The van der Waals surface area contributed by atoms with Crippen LogP contribution in [0.1, 0.15) is 30.9 Å². The van der Waals surface area contributed by atoms with E-state index in [4.69, 9.17) is 0 Å². The van der Waals surface area contributed by atoms with Crippen molar-refractivity contribution in [1.82, 2.24) is 9.80 Å². The van der Waals surface area contributed by atoms with Gasteiger partial charge < -0.3 is 14.9 Å². The smallest absolute Gasteiger partial charge is 0.228 e. The van der Waals surface area contributed by atoms with Gasteiger partial charge in [0.05, 0.1) is 11.5 Å². The molecule has 0 aliphatic carbocycles. The number of aliphatic hydroxyl groups is 1. The minimum Gasteiger partial charge on any atom is -0.388 e. The molecule has 2 heterocycles. The van der Waals surface area contributed by atoms with Crippen molar-refractivity contribution in [2.24, 2.45) is 5.92 Å². The van der Waals surface area contributed by atoms with Gasteiger partial charge in [0, 0.05) is 32.6 Å². The summed E-state index contributed by atoms with van der Waals surface area (Å²) in [6.45, 7) is 5.77. The molecule has 5 heteroatoms. The molecule has 1 N–H and O–H groups in total. The molecule has 2 aliphatic heterocycles. The maximum atomic E-state index is 12.6. The number of carbonyl (C=O) groups is 2. The molecular formula is C18H24N2O3. The number of carbonyl (C=O) groups excluding carboxylic acids is 2. The van der Waals surface area contributed by atoms with Gasteiger partial charge in [-0.1, -0.05) is 29.8 Å². The van der Waals surface area contributed by atoms with Crippen molar-refractivity contribution in [3.05, 3.63) is 35.4 Å². The lowest BCUT2D eigenvalue weighted by atomic mass is 10.1. The van der Waals surface area contributed by atoms with Gasteiger partial charge in [-0.3, -0.25) is 9.59 Å². The third kappa shape index (κ3) is 3.55. The number of benzene rings is 1. The predicted octanol–water partition coefficient (Wildman–Crippen LogP) is 1.33. The molecule has 5 nitrogen and oxygen atoms in total. The van der Waals surface area contributed by atoms with Crippen molar-refractivity contribution in [3.63, 3.8) is 0 Å². The summed E-state index contributed by atoms with van der Waals surface area (Å²) in [7, 11) is 0. The summed E-state index contributed by atoms with van der Waals surface area (Å²) in [6.07, 6.45) is 0.885. The predicted molar refractivity (Wildman–Crippen MR) is 86.5 cm³/mol. The Labute approximate surface area is 136 Å². The largest absolute Gasteiger partial charge is 0.388 e. The summed E-state index contributed by atoms with van der Waals surface area (Å²) >= 11 is 0. The minimum absolute atomic E-state index is 0.00234. The van der Waals surface area contributed by atoms with E-state index in [0.29, 0.717) is 32.6 Å². The standard InChI is InChI=1S/C18H24N2O3/c1-13-3-5-14(6-4-13)10-20-11-15(9-16(20)21)17(22)19-8-7-18(2,23)12-19/h3-6,15,23H,7-12H2,1-2H3. The molecule has 0 bridgehead atoms. The number of hydrogen-bond donors (Lipinski definition) is 1. The minimum atomic E-state index is -0.792. The summed E-state index contributed by atoms with van der Waals surface area (Å²) in [4.78, 5) is 28.2. The summed E-state index contributed by atoms with van der Waals surface area (Å²) in [5.41, 5.74) is 1.48. The number of hydrogen-bond acceptors (Lipinski definition) is 3. The topological polar surface area (TPSA) is 60.9 Å². The average molecular weight is 316 g/mol. The van der Waals surface area contributed by atoms with Crippen LogP contribution in [0, 0.1) is 12.8 Å². The summed E-state index contributed by atoms with van der Waals surface area (Å²) < 4.78 is 0. The van der Waals surface area contributed by atoms with Crippen molar-refractivity contribution in [3.8, 4) is 0 Å². The van der Waals surface area contributed by atoms with Crippen molar-refractivity contribution < 1.29 is 14.7 Å². The first-order chi connectivity index (χ1) is 10.8. The van der Waals surface area contributed by atoms with Crippen molar-refractivity contribution in [2.75, 3.05) is 19.6 Å². The Morgan fingerprint density at radius 3 is 2.65 bits per heavy atom.